The topological polar surface area (TPSA) is 84.5 Å². The average Bonchev–Trinajstić information content (AvgIpc) is 3.14. The molecule has 0 fully saturated rings. The Balaban J connectivity index is 1.64. The van der Waals surface area contributed by atoms with Crippen molar-refractivity contribution >= 4 is 11.8 Å². The first-order valence-electron chi connectivity index (χ1n) is 7.23. The summed E-state index contributed by atoms with van der Waals surface area (Å²) in [4.78, 5) is 23.4. The molecule has 2 amide bonds. The van der Waals surface area contributed by atoms with Crippen molar-refractivity contribution in [2.24, 2.45) is 0 Å². The van der Waals surface area contributed by atoms with Crippen molar-refractivity contribution in [3.05, 3.63) is 47.8 Å². The van der Waals surface area contributed by atoms with E-state index in [0.717, 1.165) is 11.5 Å². The third-order valence-electron chi connectivity index (χ3n) is 3.18. The van der Waals surface area contributed by atoms with E-state index in [4.69, 9.17) is 8.83 Å². The molecule has 2 aromatic heterocycles. The minimum absolute atomic E-state index is 0.0752. The molecule has 0 saturated carbocycles. The number of hydrogen-bond donors (Lipinski definition) is 2. The fraction of sp³-hybridized carbons (Fsp3) is 0.375. The van der Waals surface area contributed by atoms with Crippen molar-refractivity contribution in [2.45, 2.75) is 32.7 Å². The standard InChI is InChI=1S/C16H20N2O4/c1-11-7-8-13(22-11)12(2)18-15(19)6-3-9-17-16(20)14-5-4-10-21-14/h4-5,7-8,10,12H,3,6,9H2,1-2H3,(H,17,20)(H,18,19). The molecule has 1 unspecified atom stereocenters. The Kier molecular flexibility index (Phi) is 5.41. The van der Waals surface area contributed by atoms with Gasteiger partial charge in [0.15, 0.2) is 5.76 Å². The lowest BCUT2D eigenvalue weighted by atomic mass is 10.2. The maximum atomic E-state index is 11.8. The summed E-state index contributed by atoms with van der Waals surface area (Å²) < 4.78 is 10.4. The number of nitrogens with one attached hydrogen (secondary N) is 2. The van der Waals surface area contributed by atoms with Crippen LogP contribution in [-0.4, -0.2) is 18.4 Å². The molecule has 0 spiro atoms. The normalized spacial score (nSPS) is 11.9. The molecule has 0 saturated heterocycles. The van der Waals surface area contributed by atoms with Crippen LogP contribution in [0, 0.1) is 6.92 Å². The third kappa shape index (κ3) is 4.51. The molecule has 22 heavy (non-hydrogen) atoms. The highest BCUT2D eigenvalue weighted by Crippen LogP contribution is 2.15. The van der Waals surface area contributed by atoms with Gasteiger partial charge in [-0.1, -0.05) is 0 Å². The fourth-order valence-corrected chi connectivity index (χ4v) is 2.02. The number of aryl methyl sites for hydroxylation is 1. The molecule has 2 aromatic rings. The molecular formula is C16H20N2O4. The maximum Gasteiger partial charge on any atom is 0.286 e. The van der Waals surface area contributed by atoms with Crippen LogP contribution < -0.4 is 10.6 Å². The van der Waals surface area contributed by atoms with E-state index >= 15 is 0 Å². The fourth-order valence-electron chi connectivity index (χ4n) is 2.02. The Labute approximate surface area is 128 Å². The summed E-state index contributed by atoms with van der Waals surface area (Å²) >= 11 is 0. The van der Waals surface area contributed by atoms with Crippen LogP contribution in [0.3, 0.4) is 0 Å². The predicted octanol–water partition coefficient (Wildman–Crippen LogP) is 2.57. The number of carbonyl (C=O) groups excluding carboxylic acids is 2. The van der Waals surface area contributed by atoms with Crippen LogP contribution in [0.1, 0.15) is 47.9 Å². The van der Waals surface area contributed by atoms with Crippen molar-refractivity contribution in [2.75, 3.05) is 6.54 Å². The molecule has 6 nitrogen and oxygen atoms in total. The van der Waals surface area contributed by atoms with E-state index in [-0.39, 0.29) is 23.6 Å². The number of amides is 2. The first kappa shape index (κ1) is 15.9. The lowest BCUT2D eigenvalue weighted by molar-refractivity contribution is -0.121. The van der Waals surface area contributed by atoms with Crippen molar-refractivity contribution in [3.8, 4) is 0 Å². The summed E-state index contributed by atoms with van der Waals surface area (Å²) in [5, 5.41) is 5.56. The Morgan fingerprint density at radius 2 is 2.09 bits per heavy atom. The molecule has 6 heteroatoms. The van der Waals surface area contributed by atoms with Crippen LogP contribution in [0.4, 0.5) is 0 Å². The van der Waals surface area contributed by atoms with Crippen LogP contribution >= 0.6 is 0 Å². The van der Waals surface area contributed by atoms with Gasteiger partial charge < -0.3 is 19.5 Å². The van der Waals surface area contributed by atoms with E-state index in [2.05, 4.69) is 10.6 Å². The average molecular weight is 304 g/mol. The summed E-state index contributed by atoms with van der Waals surface area (Å²) in [7, 11) is 0. The predicted molar refractivity (Wildman–Crippen MR) is 80.3 cm³/mol. The van der Waals surface area contributed by atoms with Crippen LogP contribution in [0.5, 0.6) is 0 Å². The molecule has 2 N–H and O–H groups in total. The van der Waals surface area contributed by atoms with E-state index in [1.807, 2.05) is 26.0 Å². The van der Waals surface area contributed by atoms with E-state index in [1.165, 1.54) is 6.26 Å². The highest BCUT2D eigenvalue weighted by Gasteiger charge is 2.13. The molecule has 1 atom stereocenters. The molecule has 0 aliphatic heterocycles. The summed E-state index contributed by atoms with van der Waals surface area (Å²) in [5.41, 5.74) is 0. The molecule has 2 heterocycles. The molecule has 0 aliphatic rings. The van der Waals surface area contributed by atoms with Gasteiger partial charge in [0.25, 0.3) is 5.91 Å². The largest absolute Gasteiger partial charge is 0.464 e. The van der Waals surface area contributed by atoms with Gasteiger partial charge in [0.05, 0.1) is 12.3 Å². The monoisotopic (exact) mass is 304 g/mol. The van der Waals surface area contributed by atoms with Crippen molar-refractivity contribution in [3.63, 3.8) is 0 Å². The van der Waals surface area contributed by atoms with Gasteiger partial charge in [0.1, 0.15) is 11.5 Å². The zero-order chi connectivity index (χ0) is 15.9. The van der Waals surface area contributed by atoms with Gasteiger partial charge in [0, 0.05) is 13.0 Å². The van der Waals surface area contributed by atoms with Crippen molar-refractivity contribution in [1.82, 2.24) is 10.6 Å². The Bertz CT molecular complexity index is 616. The number of carbonyl (C=O) groups is 2. The second-order valence-corrected chi connectivity index (χ2v) is 5.07. The summed E-state index contributed by atoms with van der Waals surface area (Å²) in [6.45, 7) is 4.15. The van der Waals surface area contributed by atoms with Crippen molar-refractivity contribution < 1.29 is 18.4 Å². The van der Waals surface area contributed by atoms with Gasteiger partial charge in [-0.2, -0.15) is 0 Å². The second kappa shape index (κ2) is 7.49. The van der Waals surface area contributed by atoms with Crippen molar-refractivity contribution in [1.29, 1.82) is 0 Å². The molecule has 118 valence electrons. The number of rotatable bonds is 7. The lowest BCUT2D eigenvalue weighted by Crippen LogP contribution is -2.28. The van der Waals surface area contributed by atoms with Crippen LogP contribution in [0.2, 0.25) is 0 Å². The van der Waals surface area contributed by atoms with E-state index < -0.39 is 0 Å². The van der Waals surface area contributed by atoms with Gasteiger partial charge in [-0.25, -0.2) is 0 Å². The van der Waals surface area contributed by atoms with Gasteiger partial charge in [-0.3, -0.25) is 9.59 Å². The number of furan rings is 2. The molecule has 0 aromatic carbocycles. The Hall–Kier alpha value is -2.50. The first-order valence-corrected chi connectivity index (χ1v) is 7.23. The smallest absolute Gasteiger partial charge is 0.286 e. The molecule has 2 rings (SSSR count). The summed E-state index contributed by atoms with van der Waals surface area (Å²) in [5.74, 6) is 1.47. The molecular weight excluding hydrogens is 284 g/mol. The Morgan fingerprint density at radius 1 is 1.27 bits per heavy atom. The highest BCUT2D eigenvalue weighted by atomic mass is 16.3. The second-order valence-electron chi connectivity index (χ2n) is 5.07. The SMILES string of the molecule is Cc1ccc(C(C)NC(=O)CCCNC(=O)c2ccco2)o1. The van der Waals surface area contributed by atoms with E-state index in [0.29, 0.717) is 19.4 Å². The van der Waals surface area contributed by atoms with Crippen LogP contribution in [0.15, 0.2) is 39.4 Å². The van der Waals surface area contributed by atoms with Crippen LogP contribution in [0.25, 0.3) is 0 Å². The Morgan fingerprint density at radius 3 is 2.73 bits per heavy atom. The number of hydrogen-bond acceptors (Lipinski definition) is 4. The van der Waals surface area contributed by atoms with Gasteiger partial charge >= 0.3 is 0 Å². The quantitative estimate of drug-likeness (QED) is 0.770. The summed E-state index contributed by atoms with van der Waals surface area (Å²) in [6, 6.07) is 6.79. The maximum absolute atomic E-state index is 11.8. The molecule has 0 aliphatic carbocycles. The zero-order valence-corrected chi connectivity index (χ0v) is 12.7. The van der Waals surface area contributed by atoms with E-state index in [1.54, 1.807) is 12.1 Å². The first-order chi connectivity index (χ1) is 10.6. The highest BCUT2D eigenvalue weighted by molar-refractivity contribution is 5.91. The molecule has 0 radical (unpaired) electrons. The minimum Gasteiger partial charge on any atom is -0.464 e. The van der Waals surface area contributed by atoms with E-state index in [9.17, 15) is 9.59 Å². The third-order valence-corrected chi connectivity index (χ3v) is 3.18. The van der Waals surface area contributed by atoms with Gasteiger partial charge in [-0.05, 0) is 44.5 Å². The van der Waals surface area contributed by atoms with Gasteiger partial charge in [0.2, 0.25) is 5.91 Å². The summed E-state index contributed by atoms with van der Waals surface area (Å²) in [6.07, 6.45) is 2.34. The lowest BCUT2D eigenvalue weighted by Gasteiger charge is -2.11. The van der Waals surface area contributed by atoms with Gasteiger partial charge in [-0.15, -0.1) is 0 Å². The minimum atomic E-state index is -0.273. The zero-order valence-electron chi connectivity index (χ0n) is 12.7. The van der Waals surface area contributed by atoms with Crippen LogP contribution in [-0.2, 0) is 4.79 Å². The molecule has 0 bridgehead atoms.